The molecule has 19 heavy (non-hydrogen) atoms. The molecule has 0 fully saturated rings. The molecule has 0 aromatic heterocycles. The van der Waals surface area contributed by atoms with Crippen molar-refractivity contribution in [1.82, 2.24) is 0 Å². The molecule has 1 unspecified atom stereocenters. The fourth-order valence-corrected chi connectivity index (χ4v) is 2.08. The van der Waals surface area contributed by atoms with Gasteiger partial charge in [-0.2, -0.15) is 0 Å². The number of nitrogens with one attached hydrogen (secondary N) is 1. The zero-order valence-electron chi connectivity index (χ0n) is 11.3. The van der Waals surface area contributed by atoms with Crippen LogP contribution in [-0.2, 0) is 9.47 Å². The summed E-state index contributed by atoms with van der Waals surface area (Å²) in [5.74, 6) is 0. The highest BCUT2D eigenvalue weighted by molar-refractivity contribution is 5.53. The lowest BCUT2D eigenvalue weighted by molar-refractivity contribution is -0.0589. The van der Waals surface area contributed by atoms with E-state index in [0.29, 0.717) is 0 Å². The quantitative estimate of drug-likeness (QED) is 0.804. The maximum Gasteiger partial charge on any atom is 0.147 e. The van der Waals surface area contributed by atoms with Crippen molar-refractivity contribution in [2.24, 2.45) is 0 Å². The Morgan fingerprint density at radius 3 is 2.37 bits per heavy atom. The molecule has 3 nitrogen and oxygen atoms in total. The van der Waals surface area contributed by atoms with Gasteiger partial charge in [0.1, 0.15) is 12.9 Å². The average molecular weight is 257 g/mol. The molecule has 1 N–H and O–H groups in total. The molecular weight excluding hydrogens is 238 g/mol. The predicted octanol–water partition coefficient (Wildman–Crippen LogP) is 3.44. The summed E-state index contributed by atoms with van der Waals surface area (Å²) in [5, 5.41) is 3.20. The van der Waals surface area contributed by atoms with Crippen molar-refractivity contribution < 1.29 is 9.47 Å². The molecule has 0 saturated heterocycles. The first-order valence-corrected chi connectivity index (χ1v) is 6.29. The highest BCUT2D eigenvalue weighted by Gasteiger charge is 2.17. The molecule has 0 aliphatic rings. The van der Waals surface area contributed by atoms with Crippen LogP contribution in [0.2, 0.25) is 0 Å². The first-order chi connectivity index (χ1) is 9.36. The minimum Gasteiger partial charge on any atom is -0.388 e. The Kier molecular flexibility index (Phi) is 4.95. The Morgan fingerprint density at radius 2 is 1.68 bits per heavy atom. The van der Waals surface area contributed by atoms with E-state index in [-0.39, 0.29) is 12.9 Å². The Bertz CT molecular complexity index is 499. The number of methoxy groups -OCH3 is 1. The fraction of sp³-hybridized carbons (Fsp3) is 0.250. The van der Waals surface area contributed by atoms with E-state index in [9.17, 15) is 0 Å². The van der Waals surface area contributed by atoms with Crippen LogP contribution >= 0.6 is 0 Å². The van der Waals surface area contributed by atoms with Crippen LogP contribution in [0.5, 0.6) is 0 Å². The molecule has 0 heterocycles. The van der Waals surface area contributed by atoms with Crippen LogP contribution in [0.1, 0.15) is 17.2 Å². The number of hydrogen-bond donors (Lipinski definition) is 1. The lowest BCUT2D eigenvalue weighted by atomic mass is 10.00. The van der Waals surface area contributed by atoms with Crippen LogP contribution < -0.4 is 5.32 Å². The summed E-state index contributed by atoms with van der Waals surface area (Å²) in [4.78, 5) is 0. The average Bonchev–Trinajstić information content (AvgIpc) is 2.49. The molecular formula is C16H19NO2. The van der Waals surface area contributed by atoms with Gasteiger partial charge in [-0.05, 0) is 11.6 Å². The number of para-hydroxylation sites is 1. The van der Waals surface area contributed by atoms with Gasteiger partial charge in [0.25, 0.3) is 0 Å². The van der Waals surface area contributed by atoms with Crippen molar-refractivity contribution in [1.29, 1.82) is 0 Å². The summed E-state index contributed by atoms with van der Waals surface area (Å²) < 4.78 is 10.9. The molecule has 100 valence electrons. The number of anilines is 1. The van der Waals surface area contributed by atoms with Crippen molar-refractivity contribution in [2.75, 3.05) is 26.3 Å². The van der Waals surface area contributed by atoms with Crippen molar-refractivity contribution in [3.05, 3.63) is 65.7 Å². The molecule has 0 aliphatic carbocycles. The van der Waals surface area contributed by atoms with Crippen LogP contribution in [0.4, 0.5) is 5.69 Å². The van der Waals surface area contributed by atoms with Crippen LogP contribution in [-0.4, -0.2) is 21.0 Å². The molecule has 0 saturated carbocycles. The summed E-state index contributed by atoms with van der Waals surface area (Å²) in [7, 11) is 3.54. The third kappa shape index (κ3) is 3.34. The van der Waals surface area contributed by atoms with Crippen molar-refractivity contribution >= 4 is 5.69 Å². The molecule has 0 aliphatic heterocycles. The second kappa shape index (κ2) is 6.92. The third-order valence-corrected chi connectivity index (χ3v) is 2.97. The SMILES string of the molecule is CNc1ccccc1C(OCOC)c1ccccc1. The van der Waals surface area contributed by atoms with Gasteiger partial charge in [-0.25, -0.2) is 0 Å². The maximum absolute atomic E-state index is 5.84. The van der Waals surface area contributed by atoms with Crippen molar-refractivity contribution in [2.45, 2.75) is 6.10 Å². The molecule has 0 amide bonds. The maximum atomic E-state index is 5.84. The van der Waals surface area contributed by atoms with Gasteiger partial charge in [-0.15, -0.1) is 0 Å². The Hall–Kier alpha value is -1.84. The molecule has 1 atom stereocenters. The van der Waals surface area contributed by atoms with E-state index in [4.69, 9.17) is 9.47 Å². The molecule has 0 spiro atoms. The summed E-state index contributed by atoms with van der Waals surface area (Å²) >= 11 is 0. The number of hydrogen-bond acceptors (Lipinski definition) is 3. The van der Waals surface area contributed by atoms with E-state index in [1.54, 1.807) is 7.11 Å². The standard InChI is InChI=1S/C16H19NO2/c1-17-15-11-7-6-10-14(15)16(19-12-18-2)13-8-4-3-5-9-13/h3-11,16-17H,12H2,1-2H3. The van der Waals surface area contributed by atoms with Gasteiger partial charge in [-0.3, -0.25) is 0 Å². The van der Waals surface area contributed by atoms with E-state index in [1.807, 2.05) is 43.4 Å². The molecule has 3 heteroatoms. The number of ether oxygens (including phenoxy) is 2. The Morgan fingerprint density at radius 1 is 1.00 bits per heavy atom. The van der Waals surface area contributed by atoms with E-state index < -0.39 is 0 Å². The first-order valence-electron chi connectivity index (χ1n) is 6.29. The molecule has 0 radical (unpaired) electrons. The van der Waals surface area contributed by atoms with Crippen molar-refractivity contribution in [3.63, 3.8) is 0 Å². The highest BCUT2D eigenvalue weighted by atomic mass is 16.7. The molecule has 2 aromatic carbocycles. The molecule has 2 rings (SSSR count). The zero-order chi connectivity index (χ0) is 13.5. The monoisotopic (exact) mass is 257 g/mol. The van der Waals surface area contributed by atoms with Gasteiger partial charge in [0.05, 0.1) is 0 Å². The topological polar surface area (TPSA) is 30.5 Å². The number of benzene rings is 2. The Labute approximate surface area is 114 Å². The third-order valence-electron chi connectivity index (χ3n) is 2.97. The van der Waals surface area contributed by atoms with Gasteiger partial charge < -0.3 is 14.8 Å². The lowest BCUT2D eigenvalue weighted by Crippen LogP contribution is -2.10. The summed E-state index contributed by atoms with van der Waals surface area (Å²) in [6.07, 6.45) is -0.134. The summed E-state index contributed by atoms with van der Waals surface area (Å²) in [5.41, 5.74) is 3.28. The Balaban J connectivity index is 2.37. The van der Waals surface area contributed by atoms with E-state index in [2.05, 4.69) is 23.5 Å². The second-order valence-corrected chi connectivity index (χ2v) is 4.20. The van der Waals surface area contributed by atoms with Gasteiger partial charge in [0.2, 0.25) is 0 Å². The number of rotatable bonds is 6. The minimum absolute atomic E-state index is 0.134. The second-order valence-electron chi connectivity index (χ2n) is 4.20. The smallest absolute Gasteiger partial charge is 0.147 e. The lowest BCUT2D eigenvalue weighted by Gasteiger charge is -2.21. The van der Waals surface area contributed by atoms with Gasteiger partial charge in [0, 0.05) is 25.4 Å². The van der Waals surface area contributed by atoms with Crippen LogP contribution in [0, 0.1) is 0 Å². The predicted molar refractivity (Wildman–Crippen MR) is 77.2 cm³/mol. The molecule has 0 bridgehead atoms. The van der Waals surface area contributed by atoms with Gasteiger partial charge in [-0.1, -0.05) is 48.5 Å². The van der Waals surface area contributed by atoms with Crippen LogP contribution in [0.3, 0.4) is 0 Å². The van der Waals surface area contributed by atoms with E-state index in [0.717, 1.165) is 16.8 Å². The van der Waals surface area contributed by atoms with E-state index >= 15 is 0 Å². The highest BCUT2D eigenvalue weighted by Crippen LogP contribution is 2.31. The van der Waals surface area contributed by atoms with Crippen LogP contribution in [0.15, 0.2) is 54.6 Å². The van der Waals surface area contributed by atoms with Crippen LogP contribution in [0.25, 0.3) is 0 Å². The minimum atomic E-state index is -0.134. The van der Waals surface area contributed by atoms with Gasteiger partial charge >= 0.3 is 0 Å². The first kappa shape index (κ1) is 13.6. The summed E-state index contributed by atoms with van der Waals surface area (Å²) in [6, 6.07) is 18.3. The largest absolute Gasteiger partial charge is 0.388 e. The normalized spacial score (nSPS) is 12.1. The van der Waals surface area contributed by atoms with Gasteiger partial charge in [0.15, 0.2) is 0 Å². The molecule has 2 aromatic rings. The van der Waals surface area contributed by atoms with E-state index in [1.165, 1.54) is 0 Å². The fourth-order valence-electron chi connectivity index (χ4n) is 2.08. The van der Waals surface area contributed by atoms with Crippen molar-refractivity contribution in [3.8, 4) is 0 Å². The summed E-state index contributed by atoms with van der Waals surface area (Å²) in [6.45, 7) is 0.262. The zero-order valence-corrected chi connectivity index (χ0v) is 11.3.